The number of rotatable bonds is 7. The molecule has 0 saturated carbocycles. The normalized spacial score (nSPS) is 19.0. The number of likely N-dealkylation sites (N-methyl/N-ethyl adjacent to an activating group) is 1. The molecule has 3 rings (SSSR count). The molecule has 1 N–H and O–H groups in total. The molecule has 6 nitrogen and oxygen atoms in total. The first-order valence-electron chi connectivity index (χ1n) is 11.1. The summed E-state index contributed by atoms with van der Waals surface area (Å²) in [4.78, 5) is 14.2. The monoisotopic (exact) mass is 532 g/mol. The van der Waals surface area contributed by atoms with E-state index in [4.69, 9.17) is 0 Å². The zero-order valence-electron chi connectivity index (χ0n) is 18.5. The van der Waals surface area contributed by atoms with Crippen LogP contribution in [0.2, 0.25) is 0 Å². The van der Waals surface area contributed by atoms with Crippen LogP contribution in [0.3, 0.4) is 0 Å². The third-order valence-electron chi connectivity index (χ3n) is 6.08. The lowest BCUT2D eigenvalue weighted by Gasteiger charge is -2.37. The second-order valence-electron chi connectivity index (χ2n) is 7.91. The third-order valence-corrected chi connectivity index (χ3v) is 6.08. The lowest BCUT2D eigenvalue weighted by atomic mass is 10.2. The first-order chi connectivity index (χ1) is 14.2. The molecule has 2 saturated heterocycles. The number of anilines is 1. The van der Waals surface area contributed by atoms with Crippen LogP contribution in [-0.4, -0.2) is 99.7 Å². The number of benzene rings is 1. The lowest BCUT2D eigenvalue weighted by Crippen LogP contribution is -2.52. The predicted octanol–water partition coefficient (Wildman–Crippen LogP) is 2.56. The smallest absolute Gasteiger partial charge is 0.193 e. The Morgan fingerprint density at radius 3 is 2.17 bits per heavy atom. The molecule has 2 aliphatic heterocycles. The van der Waals surface area contributed by atoms with Gasteiger partial charge in [0.1, 0.15) is 5.82 Å². The Hall–Kier alpha value is -1.13. The maximum atomic E-state index is 13.1. The second-order valence-corrected chi connectivity index (χ2v) is 7.91. The molecule has 0 aliphatic carbocycles. The summed E-state index contributed by atoms with van der Waals surface area (Å²) in [5, 5.41) is 3.54. The summed E-state index contributed by atoms with van der Waals surface area (Å²) in [7, 11) is 1.86. The van der Waals surface area contributed by atoms with E-state index in [2.05, 4.69) is 36.8 Å². The summed E-state index contributed by atoms with van der Waals surface area (Å²) in [5.74, 6) is 0.820. The number of nitrogens with one attached hydrogen (secondary N) is 1. The number of halogens is 2. The zero-order chi connectivity index (χ0) is 20.5. The average Bonchev–Trinajstić information content (AvgIpc) is 2.77. The van der Waals surface area contributed by atoms with E-state index in [1.807, 2.05) is 19.2 Å². The number of hydrogen-bond acceptors (Lipinski definition) is 4. The molecule has 2 fully saturated rings. The standard InChI is InChI=1S/C22H37FN6.HI/c1-3-26-12-14-27(15-13-26)11-5-4-10-25-22(24-2)29-18-16-28(17-19-29)21-8-6-20(23)7-9-21;/h6-9H,3-5,10-19H2,1-2H3,(H,24,25);1H. The van der Waals surface area contributed by atoms with Gasteiger partial charge in [-0.1, -0.05) is 6.92 Å². The Bertz CT molecular complexity index is 625. The zero-order valence-corrected chi connectivity index (χ0v) is 20.9. The summed E-state index contributed by atoms with van der Waals surface area (Å²) < 4.78 is 13.1. The van der Waals surface area contributed by atoms with E-state index in [9.17, 15) is 4.39 Å². The summed E-state index contributed by atoms with van der Waals surface area (Å²) >= 11 is 0. The lowest BCUT2D eigenvalue weighted by molar-refractivity contribution is 0.136. The fraction of sp³-hybridized carbons (Fsp3) is 0.682. The number of unbranched alkanes of at least 4 members (excludes halogenated alkanes) is 1. The van der Waals surface area contributed by atoms with Gasteiger partial charge in [-0.2, -0.15) is 0 Å². The summed E-state index contributed by atoms with van der Waals surface area (Å²) in [5.41, 5.74) is 1.09. The quantitative estimate of drug-likeness (QED) is 0.253. The van der Waals surface area contributed by atoms with Crippen LogP contribution in [0.1, 0.15) is 19.8 Å². The first-order valence-corrected chi connectivity index (χ1v) is 11.1. The molecule has 2 heterocycles. The van der Waals surface area contributed by atoms with Gasteiger partial charge in [-0.3, -0.25) is 4.99 Å². The molecule has 0 spiro atoms. The Morgan fingerprint density at radius 1 is 0.933 bits per heavy atom. The number of nitrogens with zero attached hydrogens (tertiary/aromatic N) is 5. The van der Waals surface area contributed by atoms with Crippen LogP contribution in [0.5, 0.6) is 0 Å². The van der Waals surface area contributed by atoms with E-state index in [0.29, 0.717) is 0 Å². The second kappa shape index (κ2) is 13.3. The fourth-order valence-electron chi connectivity index (χ4n) is 4.15. The van der Waals surface area contributed by atoms with Crippen molar-refractivity contribution in [2.45, 2.75) is 19.8 Å². The maximum Gasteiger partial charge on any atom is 0.193 e. The van der Waals surface area contributed by atoms with Crippen molar-refractivity contribution in [3.05, 3.63) is 30.1 Å². The fourth-order valence-corrected chi connectivity index (χ4v) is 4.15. The minimum atomic E-state index is -0.180. The molecule has 0 atom stereocenters. The van der Waals surface area contributed by atoms with Gasteiger partial charge in [0.15, 0.2) is 5.96 Å². The number of piperazine rings is 2. The molecule has 2 aliphatic rings. The van der Waals surface area contributed by atoms with Crippen LogP contribution in [0.15, 0.2) is 29.3 Å². The highest BCUT2D eigenvalue weighted by Gasteiger charge is 2.20. The third kappa shape index (κ3) is 7.53. The summed E-state index contributed by atoms with van der Waals surface area (Å²) in [6, 6.07) is 6.79. The van der Waals surface area contributed by atoms with E-state index < -0.39 is 0 Å². The summed E-state index contributed by atoms with van der Waals surface area (Å²) in [6.07, 6.45) is 2.40. The molecule has 0 aromatic heterocycles. The van der Waals surface area contributed by atoms with Gasteiger partial charge in [-0.15, -0.1) is 24.0 Å². The SMILES string of the molecule is CCN1CCN(CCCCNC(=NC)N2CCN(c3ccc(F)cc3)CC2)CC1.I. The minimum Gasteiger partial charge on any atom is -0.368 e. The minimum absolute atomic E-state index is 0. The Balaban J connectivity index is 0.00000320. The van der Waals surface area contributed by atoms with Crippen molar-refractivity contribution in [1.82, 2.24) is 20.0 Å². The Labute approximate surface area is 198 Å². The van der Waals surface area contributed by atoms with Gasteiger partial charge in [-0.05, 0) is 50.2 Å². The number of aliphatic imine (C=N–C) groups is 1. The van der Waals surface area contributed by atoms with Crippen LogP contribution in [0, 0.1) is 5.82 Å². The van der Waals surface area contributed by atoms with Gasteiger partial charge in [0, 0.05) is 71.6 Å². The highest BCUT2D eigenvalue weighted by atomic mass is 127. The van der Waals surface area contributed by atoms with Crippen LogP contribution in [0.4, 0.5) is 10.1 Å². The largest absolute Gasteiger partial charge is 0.368 e. The van der Waals surface area contributed by atoms with Crippen molar-refractivity contribution < 1.29 is 4.39 Å². The van der Waals surface area contributed by atoms with Gasteiger partial charge in [0.25, 0.3) is 0 Å². The van der Waals surface area contributed by atoms with Crippen molar-refractivity contribution in [2.24, 2.45) is 4.99 Å². The van der Waals surface area contributed by atoms with E-state index >= 15 is 0 Å². The number of hydrogen-bond donors (Lipinski definition) is 1. The van der Waals surface area contributed by atoms with E-state index in [1.54, 1.807) is 0 Å². The van der Waals surface area contributed by atoms with E-state index in [-0.39, 0.29) is 29.8 Å². The van der Waals surface area contributed by atoms with Gasteiger partial charge in [0.2, 0.25) is 0 Å². The highest BCUT2D eigenvalue weighted by molar-refractivity contribution is 14.0. The van der Waals surface area contributed by atoms with Gasteiger partial charge in [-0.25, -0.2) is 4.39 Å². The predicted molar refractivity (Wildman–Crippen MR) is 135 cm³/mol. The van der Waals surface area contributed by atoms with Crippen LogP contribution >= 0.6 is 24.0 Å². The molecule has 1 aromatic rings. The molecular weight excluding hydrogens is 494 g/mol. The van der Waals surface area contributed by atoms with Crippen molar-refractivity contribution in [3.8, 4) is 0 Å². The molecule has 0 radical (unpaired) electrons. The van der Waals surface area contributed by atoms with Gasteiger partial charge in [0.05, 0.1) is 0 Å². The molecule has 30 heavy (non-hydrogen) atoms. The van der Waals surface area contributed by atoms with Crippen LogP contribution < -0.4 is 10.2 Å². The molecular formula is C22H38FIN6. The topological polar surface area (TPSA) is 37.4 Å². The van der Waals surface area contributed by atoms with Crippen LogP contribution in [0.25, 0.3) is 0 Å². The van der Waals surface area contributed by atoms with Gasteiger partial charge >= 0.3 is 0 Å². The molecule has 0 unspecified atom stereocenters. The van der Waals surface area contributed by atoms with Crippen molar-refractivity contribution in [2.75, 3.05) is 83.9 Å². The van der Waals surface area contributed by atoms with Crippen molar-refractivity contribution >= 4 is 35.6 Å². The highest BCUT2D eigenvalue weighted by Crippen LogP contribution is 2.17. The molecule has 8 heteroatoms. The Kier molecular flexibility index (Phi) is 11.2. The Morgan fingerprint density at radius 2 is 1.57 bits per heavy atom. The van der Waals surface area contributed by atoms with E-state index in [1.165, 1.54) is 64.2 Å². The number of guanidine groups is 1. The van der Waals surface area contributed by atoms with Crippen LogP contribution in [-0.2, 0) is 0 Å². The van der Waals surface area contributed by atoms with Crippen molar-refractivity contribution in [3.63, 3.8) is 0 Å². The molecule has 1 aromatic carbocycles. The molecule has 0 amide bonds. The van der Waals surface area contributed by atoms with Gasteiger partial charge < -0.3 is 24.9 Å². The van der Waals surface area contributed by atoms with E-state index in [0.717, 1.165) is 44.4 Å². The molecule has 0 bridgehead atoms. The first kappa shape index (κ1) is 25.1. The average molecular weight is 532 g/mol. The maximum absolute atomic E-state index is 13.1. The van der Waals surface area contributed by atoms with Crippen molar-refractivity contribution in [1.29, 1.82) is 0 Å². The summed E-state index contributed by atoms with van der Waals surface area (Å²) in [6.45, 7) is 14.2. The molecule has 170 valence electrons.